The lowest BCUT2D eigenvalue weighted by atomic mass is 10.2. The number of carboxylic acids is 1. The van der Waals surface area contributed by atoms with E-state index in [2.05, 4.69) is 0 Å². The Balaban J connectivity index is 2.75. The van der Waals surface area contributed by atoms with Gasteiger partial charge in [-0.3, -0.25) is 0 Å². The summed E-state index contributed by atoms with van der Waals surface area (Å²) in [5.41, 5.74) is 1.02. The van der Waals surface area contributed by atoms with Gasteiger partial charge < -0.3 is 19.1 Å². The maximum atomic E-state index is 11.0. The summed E-state index contributed by atoms with van der Waals surface area (Å²) < 4.78 is 12.0. The highest BCUT2D eigenvalue weighted by Crippen LogP contribution is 2.33. The maximum Gasteiger partial charge on any atom is 0.352 e. The van der Waals surface area contributed by atoms with Gasteiger partial charge in [0.2, 0.25) is 0 Å². The first-order valence-electron chi connectivity index (χ1n) is 5.03. The summed E-state index contributed by atoms with van der Waals surface area (Å²) in [5, 5.41) is 9.84. The fourth-order valence-electron chi connectivity index (χ4n) is 1.87. The van der Waals surface area contributed by atoms with E-state index in [1.165, 1.54) is 0 Å². The minimum atomic E-state index is -0.957. The van der Waals surface area contributed by atoms with Crippen molar-refractivity contribution < 1.29 is 19.4 Å². The van der Waals surface area contributed by atoms with Gasteiger partial charge >= 0.3 is 5.97 Å². The molecule has 0 aliphatic heterocycles. The second-order valence-electron chi connectivity index (χ2n) is 3.66. The highest BCUT2D eigenvalue weighted by atomic mass is 16.5. The third kappa shape index (κ3) is 1.69. The number of benzene rings is 1. The quantitative estimate of drug-likeness (QED) is 0.882. The predicted molar refractivity (Wildman–Crippen MR) is 63.0 cm³/mol. The minimum absolute atomic E-state index is 0.232. The smallest absolute Gasteiger partial charge is 0.352 e. The van der Waals surface area contributed by atoms with Crippen LogP contribution in [0, 0.1) is 0 Å². The van der Waals surface area contributed by atoms with E-state index >= 15 is 0 Å². The van der Waals surface area contributed by atoms with Gasteiger partial charge in [0, 0.05) is 18.5 Å². The average molecular weight is 235 g/mol. The van der Waals surface area contributed by atoms with Gasteiger partial charge in [0.1, 0.15) is 5.69 Å². The van der Waals surface area contributed by atoms with Gasteiger partial charge in [-0.25, -0.2) is 4.79 Å². The molecule has 0 saturated carbocycles. The van der Waals surface area contributed by atoms with E-state index in [0.717, 1.165) is 10.9 Å². The highest BCUT2D eigenvalue weighted by Gasteiger charge is 2.14. The lowest BCUT2D eigenvalue weighted by molar-refractivity contribution is 0.0687. The van der Waals surface area contributed by atoms with Crippen LogP contribution in [0.1, 0.15) is 10.5 Å². The Morgan fingerprint density at radius 3 is 2.29 bits per heavy atom. The van der Waals surface area contributed by atoms with Crippen molar-refractivity contribution in [2.24, 2.45) is 7.05 Å². The molecule has 5 nitrogen and oxygen atoms in total. The number of hydrogen-bond donors (Lipinski definition) is 1. The zero-order valence-corrected chi connectivity index (χ0v) is 9.85. The summed E-state index contributed by atoms with van der Waals surface area (Å²) in [6.07, 6.45) is 0. The van der Waals surface area contributed by atoms with Crippen molar-refractivity contribution >= 4 is 16.9 Å². The zero-order valence-electron chi connectivity index (χ0n) is 9.85. The lowest BCUT2D eigenvalue weighted by Crippen LogP contribution is -2.03. The third-order valence-corrected chi connectivity index (χ3v) is 2.77. The van der Waals surface area contributed by atoms with Gasteiger partial charge in [-0.05, 0) is 12.1 Å². The summed E-state index contributed by atoms with van der Waals surface area (Å²) in [5.74, 6) is 0.210. The van der Waals surface area contributed by atoms with Crippen LogP contribution in [0.3, 0.4) is 0 Å². The molecule has 5 heteroatoms. The monoisotopic (exact) mass is 235 g/mol. The molecule has 0 unspecified atom stereocenters. The first-order chi connectivity index (χ1) is 8.08. The van der Waals surface area contributed by atoms with Gasteiger partial charge in [-0.1, -0.05) is 0 Å². The fourth-order valence-corrected chi connectivity index (χ4v) is 1.87. The SMILES string of the molecule is COc1cc2cc(C(=O)O)n(C)c2cc1OC. The molecule has 0 bridgehead atoms. The number of fused-ring (bicyclic) bond motifs is 1. The van der Waals surface area contributed by atoms with Crippen LogP contribution in [0.2, 0.25) is 0 Å². The fraction of sp³-hybridized carbons (Fsp3) is 0.250. The van der Waals surface area contributed by atoms with E-state index in [-0.39, 0.29) is 5.69 Å². The second-order valence-corrected chi connectivity index (χ2v) is 3.66. The summed E-state index contributed by atoms with van der Waals surface area (Å²) in [4.78, 5) is 11.0. The summed E-state index contributed by atoms with van der Waals surface area (Å²) in [7, 11) is 4.80. The van der Waals surface area contributed by atoms with Crippen molar-refractivity contribution in [2.45, 2.75) is 0 Å². The van der Waals surface area contributed by atoms with Crippen molar-refractivity contribution in [3.8, 4) is 11.5 Å². The molecule has 1 aromatic heterocycles. The summed E-state index contributed by atoms with van der Waals surface area (Å²) in [6.45, 7) is 0. The standard InChI is InChI=1S/C12H13NO4/c1-13-8-6-11(17-3)10(16-2)5-7(8)4-9(13)12(14)15/h4-6H,1-3H3,(H,14,15). The Morgan fingerprint density at radius 1 is 1.18 bits per heavy atom. The van der Waals surface area contributed by atoms with Crippen LogP contribution in [0.5, 0.6) is 11.5 Å². The van der Waals surface area contributed by atoms with Gasteiger partial charge in [-0.15, -0.1) is 0 Å². The van der Waals surface area contributed by atoms with Gasteiger partial charge in [0.25, 0.3) is 0 Å². The molecule has 2 aromatic rings. The second kappa shape index (κ2) is 4.01. The molecule has 0 atom stereocenters. The number of rotatable bonds is 3. The lowest BCUT2D eigenvalue weighted by Gasteiger charge is -2.08. The molecule has 0 aliphatic rings. The van der Waals surface area contributed by atoms with Crippen LogP contribution in [0.4, 0.5) is 0 Å². The number of aromatic carboxylic acids is 1. The van der Waals surface area contributed by atoms with Gasteiger partial charge in [0.15, 0.2) is 11.5 Å². The number of aromatic nitrogens is 1. The Labute approximate surface area is 98.2 Å². The van der Waals surface area contributed by atoms with Crippen LogP contribution < -0.4 is 9.47 Å². The number of nitrogens with zero attached hydrogens (tertiary/aromatic N) is 1. The highest BCUT2D eigenvalue weighted by molar-refractivity contribution is 5.95. The first kappa shape index (κ1) is 11.3. The Kier molecular flexibility index (Phi) is 2.67. The van der Waals surface area contributed by atoms with E-state index in [4.69, 9.17) is 14.6 Å². The molecule has 1 N–H and O–H groups in total. The molecule has 0 fully saturated rings. The van der Waals surface area contributed by atoms with Crippen molar-refractivity contribution in [2.75, 3.05) is 14.2 Å². The average Bonchev–Trinajstić information content (AvgIpc) is 2.64. The normalized spacial score (nSPS) is 10.5. The number of carbonyl (C=O) groups is 1. The molecular formula is C12H13NO4. The third-order valence-electron chi connectivity index (χ3n) is 2.77. The molecule has 0 spiro atoms. The topological polar surface area (TPSA) is 60.7 Å². The maximum absolute atomic E-state index is 11.0. The van der Waals surface area contributed by atoms with Crippen LogP contribution in [0.25, 0.3) is 10.9 Å². The van der Waals surface area contributed by atoms with E-state index in [9.17, 15) is 4.79 Å². The molecule has 1 heterocycles. The summed E-state index contributed by atoms with van der Waals surface area (Å²) in [6, 6.07) is 5.14. The number of ether oxygens (including phenoxy) is 2. The van der Waals surface area contributed by atoms with E-state index < -0.39 is 5.97 Å². The molecule has 17 heavy (non-hydrogen) atoms. The number of aryl methyl sites for hydroxylation is 1. The molecule has 2 rings (SSSR count). The molecule has 90 valence electrons. The van der Waals surface area contributed by atoms with Crippen molar-refractivity contribution in [1.29, 1.82) is 0 Å². The Morgan fingerprint density at radius 2 is 1.76 bits per heavy atom. The number of carboxylic acid groups (broad SMARTS) is 1. The van der Waals surface area contributed by atoms with E-state index in [0.29, 0.717) is 11.5 Å². The van der Waals surface area contributed by atoms with Crippen LogP contribution in [0.15, 0.2) is 18.2 Å². The Hall–Kier alpha value is -2.17. The van der Waals surface area contributed by atoms with E-state index in [1.807, 2.05) is 0 Å². The minimum Gasteiger partial charge on any atom is -0.493 e. The zero-order chi connectivity index (χ0) is 12.6. The van der Waals surface area contributed by atoms with Crippen molar-refractivity contribution in [1.82, 2.24) is 4.57 Å². The molecule has 0 saturated heterocycles. The molecular weight excluding hydrogens is 222 g/mol. The molecule has 1 aromatic carbocycles. The number of methoxy groups -OCH3 is 2. The molecule has 0 amide bonds. The van der Waals surface area contributed by atoms with Crippen LogP contribution in [-0.2, 0) is 7.05 Å². The van der Waals surface area contributed by atoms with Crippen molar-refractivity contribution in [3.05, 3.63) is 23.9 Å². The largest absolute Gasteiger partial charge is 0.493 e. The molecule has 0 radical (unpaired) electrons. The Bertz CT molecular complexity index is 586. The van der Waals surface area contributed by atoms with Crippen LogP contribution >= 0.6 is 0 Å². The van der Waals surface area contributed by atoms with Crippen molar-refractivity contribution in [3.63, 3.8) is 0 Å². The molecule has 0 aliphatic carbocycles. The first-order valence-corrected chi connectivity index (χ1v) is 5.03. The van der Waals surface area contributed by atoms with Crippen LogP contribution in [-0.4, -0.2) is 29.9 Å². The van der Waals surface area contributed by atoms with E-state index in [1.54, 1.807) is 44.0 Å². The number of hydrogen-bond acceptors (Lipinski definition) is 3. The predicted octanol–water partition coefficient (Wildman–Crippen LogP) is 1.89. The van der Waals surface area contributed by atoms with Gasteiger partial charge in [-0.2, -0.15) is 0 Å². The summed E-state index contributed by atoms with van der Waals surface area (Å²) >= 11 is 0. The van der Waals surface area contributed by atoms with Gasteiger partial charge in [0.05, 0.1) is 19.7 Å².